The lowest BCUT2D eigenvalue weighted by Gasteiger charge is -2.35. The first kappa shape index (κ1) is 24.7. The molecule has 0 aromatic heterocycles. The van der Waals surface area contributed by atoms with Crippen molar-refractivity contribution in [3.63, 3.8) is 0 Å². The molecule has 9 nitrogen and oxygen atoms in total. The Morgan fingerprint density at radius 3 is 2.14 bits per heavy atom. The van der Waals surface area contributed by atoms with Gasteiger partial charge < -0.3 is 20.5 Å². The van der Waals surface area contributed by atoms with Gasteiger partial charge in [-0.05, 0) is 41.5 Å². The van der Waals surface area contributed by atoms with Gasteiger partial charge in [-0.15, -0.1) is 0 Å². The van der Waals surface area contributed by atoms with E-state index in [1.165, 1.54) is 0 Å². The maximum absolute atomic E-state index is 12.7. The number of benzene rings is 2. The van der Waals surface area contributed by atoms with Crippen LogP contribution in [0.5, 0.6) is 0 Å². The third kappa shape index (κ3) is 5.64. The molecule has 1 unspecified atom stereocenters. The predicted octanol–water partition coefficient (Wildman–Crippen LogP) is 2.45. The van der Waals surface area contributed by atoms with Crippen LogP contribution in [0.2, 0.25) is 0 Å². The van der Waals surface area contributed by atoms with Crippen LogP contribution in [0.15, 0.2) is 48.5 Å². The Bertz CT molecular complexity index is 1190. The van der Waals surface area contributed by atoms with E-state index >= 15 is 0 Å². The highest BCUT2D eigenvalue weighted by atomic mass is 32.2. The van der Waals surface area contributed by atoms with Gasteiger partial charge >= 0.3 is 12.1 Å². The number of carbonyl (C=O) groups is 3. The summed E-state index contributed by atoms with van der Waals surface area (Å²) in [6.07, 6.45) is 0.485. The van der Waals surface area contributed by atoms with Crippen LogP contribution < -0.4 is 10.6 Å². The molecule has 1 fully saturated rings. The van der Waals surface area contributed by atoms with E-state index in [1.807, 2.05) is 48.5 Å². The molecule has 0 spiro atoms. The molecule has 186 valence electrons. The zero-order valence-corrected chi connectivity index (χ0v) is 20.1. The summed E-state index contributed by atoms with van der Waals surface area (Å²) in [5.41, 5.74) is 4.27. The molecule has 1 atom stereocenters. The molecule has 2 aliphatic carbocycles. The average Bonchev–Trinajstić information content (AvgIpc) is 3.10. The quantitative estimate of drug-likeness (QED) is 0.481. The lowest BCUT2D eigenvalue weighted by atomic mass is 9.92. The minimum absolute atomic E-state index is 0.0613. The highest BCUT2D eigenvalue weighted by Crippen LogP contribution is 2.44. The average molecular weight is 501 g/mol. The molecule has 0 aliphatic heterocycles. The molecule has 0 radical (unpaired) electrons. The summed E-state index contributed by atoms with van der Waals surface area (Å²) in [5, 5.41) is 13.7. The van der Waals surface area contributed by atoms with E-state index in [4.69, 9.17) is 9.84 Å². The molecule has 3 N–H and O–H groups in total. The molecule has 35 heavy (non-hydrogen) atoms. The van der Waals surface area contributed by atoms with Gasteiger partial charge in [0.15, 0.2) is 0 Å². The number of carboxylic acids is 1. The number of rotatable bonds is 9. The Hall–Kier alpha value is -3.40. The molecule has 0 heterocycles. The van der Waals surface area contributed by atoms with Crippen LogP contribution in [-0.2, 0) is 24.2 Å². The van der Waals surface area contributed by atoms with Gasteiger partial charge in [-0.1, -0.05) is 48.5 Å². The van der Waals surface area contributed by atoms with Crippen molar-refractivity contribution in [3.8, 4) is 11.1 Å². The van der Waals surface area contributed by atoms with Crippen LogP contribution in [0, 0.1) is 0 Å². The molecule has 10 heteroatoms. The second kappa shape index (κ2) is 10.1. The monoisotopic (exact) mass is 500 g/mol. The van der Waals surface area contributed by atoms with Crippen LogP contribution in [0.3, 0.4) is 0 Å². The van der Waals surface area contributed by atoms with Gasteiger partial charge in [0, 0.05) is 24.6 Å². The second-order valence-corrected chi connectivity index (χ2v) is 11.4. The summed E-state index contributed by atoms with van der Waals surface area (Å²) in [4.78, 5) is 36.4. The maximum Gasteiger partial charge on any atom is 0.407 e. The van der Waals surface area contributed by atoms with Crippen molar-refractivity contribution in [2.24, 2.45) is 0 Å². The minimum atomic E-state index is -3.17. The minimum Gasteiger partial charge on any atom is -0.481 e. The van der Waals surface area contributed by atoms with Gasteiger partial charge in [0.25, 0.3) is 0 Å². The number of fused-ring (bicyclic) bond motifs is 3. The fourth-order valence-corrected chi connectivity index (χ4v) is 5.82. The first-order valence-corrected chi connectivity index (χ1v) is 13.4. The fourth-order valence-electron chi connectivity index (χ4n) is 4.65. The first-order valence-electron chi connectivity index (χ1n) is 11.5. The van der Waals surface area contributed by atoms with Gasteiger partial charge in [0.1, 0.15) is 22.5 Å². The van der Waals surface area contributed by atoms with E-state index in [1.54, 1.807) is 0 Å². The zero-order valence-electron chi connectivity index (χ0n) is 19.3. The van der Waals surface area contributed by atoms with Crippen molar-refractivity contribution in [1.82, 2.24) is 10.6 Å². The molecule has 0 saturated heterocycles. The van der Waals surface area contributed by atoms with Crippen molar-refractivity contribution in [2.75, 3.05) is 12.9 Å². The number of hydrogen-bond donors (Lipinski definition) is 3. The number of amides is 2. The second-order valence-electron chi connectivity index (χ2n) is 9.08. The number of aliphatic carboxylic acids is 1. The van der Waals surface area contributed by atoms with Crippen molar-refractivity contribution in [1.29, 1.82) is 0 Å². The Kier molecular flexibility index (Phi) is 7.11. The Morgan fingerprint density at radius 2 is 1.60 bits per heavy atom. The molecule has 4 rings (SSSR count). The highest BCUT2D eigenvalue weighted by molar-refractivity contribution is 7.91. The normalized spacial score (nSPS) is 19.6. The van der Waals surface area contributed by atoms with Gasteiger partial charge in [0.2, 0.25) is 5.91 Å². The van der Waals surface area contributed by atoms with Crippen molar-refractivity contribution in [3.05, 3.63) is 59.7 Å². The van der Waals surface area contributed by atoms with Crippen LogP contribution in [0.25, 0.3) is 11.1 Å². The summed E-state index contributed by atoms with van der Waals surface area (Å²) >= 11 is 0. The van der Waals surface area contributed by atoms with Crippen LogP contribution in [-0.4, -0.2) is 61.7 Å². The van der Waals surface area contributed by atoms with E-state index in [9.17, 15) is 22.8 Å². The Labute approximate surface area is 203 Å². The largest absolute Gasteiger partial charge is 0.481 e. The van der Waals surface area contributed by atoms with E-state index in [-0.39, 0.29) is 31.4 Å². The molecular formula is C25H28N2O7S. The molecule has 1 saturated carbocycles. The molecular weight excluding hydrogens is 472 g/mol. The topological polar surface area (TPSA) is 139 Å². The van der Waals surface area contributed by atoms with Crippen LogP contribution >= 0.6 is 0 Å². The van der Waals surface area contributed by atoms with Gasteiger partial charge in [-0.25, -0.2) is 13.2 Å². The number of hydrogen-bond acceptors (Lipinski definition) is 6. The standard InChI is InChI=1S/C25H28N2O7S/c1-35(32,33)16-12-15(13-16)26-24(30)22(10-11-23(28)29)27-25(31)34-14-21-19-8-4-2-6-17(19)18-7-3-5-9-20(18)21/h2-9,15-16,21-22H,10-14H2,1H3,(H,26,30)(H,27,31)(H,28,29). The summed E-state index contributed by atoms with van der Waals surface area (Å²) in [6.45, 7) is 0.0613. The summed E-state index contributed by atoms with van der Waals surface area (Å²) < 4.78 is 28.6. The zero-order chi connectivity index (χ0) is 25.2. The van der Waals surface area contributed by atoms with Gasteiger partial charge in [-0.3, -0.25) is 9.59 Å². The summed E-state index contributed by atoms with van der Waals surface area (Å²) in [6, 6.07) is 14.4. The third-order valence-corrected chi connectivity index (χ3v) is 8.24. The smallest absolute Gasteiger partial charge is 0.407 e. The predicted molar refractivity (Wildman–Crippen MR) is 129 cm³/mol. The van der Waals surface area contributed by atoms with E-state index < -0.39 is 39.1 Å². The molecule has 2 aromatic carbocycles. The third-order valence-electron chi connectivity index (χ3n) is 6.65. The Balaban J connectivity index is 1.37. The van der Waals surface area contributed by atoms with Crippen molar-refractivity contribution >= 4 is 27.8 Å². The van der Waals surface area contributed by atoms with E-state index in [2.05, 4.69) is 10.6 Å². The SMILES string of the molecule is CS(=O)(=O)C1CC(NC(=O)C(CCC(=O)O)NC(=O)OCC2c3ccccc3-c3ccccc32)C1. The summed E-state index contributed by atoms with van der Waals surface area (Å²) in [5.74, 6) is -1.81. The molecule has 0 bridgehead atoms. The molecule has 2 aromatic rings. The lowest BCUT2D eigenvalue weighted by Crippen LogP contribution is -2.55. The number of alkyl carbamates (subject to hydrolysis) is 1. The van der Waals surface area contributed by atoms with Crippen molar-refractivity contribution < 1.29 is 32.6 Å². The van der Waals surface area contributed by atoms with E-state index in [0.29, 0.717) is 12.8 Å². The number of carboxylic acid groups (broad SMARTS) is 1. The van der Waals surface area contributed by atoms with Crippen LogP contribution in [0.4, 0.5) is 4.79 Å². The van der Waals surface area contributed by atoms with Crippen molar-refractivity contribution in [2.45, 2.75) is 48.9 Å². The number of ether oxygens (including phenoxy) is 1. The number of sulfone groups is 1. The molecule has 2 amide bonds. The fraction of sp³-hybridized carbons (Fsp3) is 0.400. The van der Waals surface area contributed by atoms with Crippen LogP contribution in [0.1, 0.15) is 42.7 Å². The number of carbonyl (C=O) groups excluding carboxylic acids is 2. The maximum atomic E-state index is 12.7. The molecule has 2 aliphatic rings. The Morgan fingerprint density at radius 1 is 1.03 bits per heavy atom. The van der Waals surface area contributed by atoms with Gasteiger partial charge in [-0.2, -0.15) is 0 Å². The van der Waals surface area contributed by atoms with Gasteiger partial charge in [0.05, 0.1) is 5.25 Å². The highest BCUT2D eigenvalue weighted by Gasteiger charge is 2.38. The lowest BCUT2D eigenvalue weighted by molar-refractivity contribution is -0.137. The first-order chi connectivity index (χ1) is 16.6. The summed E-state index contributed by atoms with van der Waals surface area (Å²) in [7, 11) is -3.17. The van der Waals surface area contributed by atoms with E-state index in [0.717, 1.165) is 28.5 Å². The number of nitrogens with one attached hydrogen (secondary N) is 2.